The number of morpholine rings is 1. The molecule has 1 heterocycles. The highest BCUT2D eigenvalue weighted by atomic mass is 32.2. The van der Waals surface area contributed by atoms with Crippen LogP contribution in [0, 0.1) is 5.92 Å². The number of hydrogen-bond donors (Lipinski definition) is 1. The molecule has 1 aliphatic carbocycles. The Morgan fingerprint density at radius 1 is 1.14 bits per heavy atom. The van der Waals surface area contributed by atoms with Crippen LogP contribution in [0.15, 0.2) is 0 Å². The number of nitrogens with zero attached hydrogens (tertiary/aromatic N) is 1. The summed E-state index contributed by atoms with van der Waals surface area (Å²) in [5, 5.41) is 2.96. The topological polar surface area (TPSA) is 58.6 Å². The third-order valence-corrected chi connectivity index (χ3v) is 5.33. The third kappa shape index (κ3) is 6.57. The zero-order valence-electron chi connectivity index (χ0n) is 13.3. The van der Waals surface area contributed by atoms with Gasteiger partial charge in [0, 0.05) is 19.6 Å². The Bertz CT molecular complexity index is 353. The Morgan fingerprint density at radius 2 is 1.86 bits per heavy atom. The lowest BCUT2D eigenvalue weighted by atomic mass is 10.0. The van der Waals surface area contributed by atoms with Gasteiger partial charge in [-0.1, -0.05) is 25.7 Å². The van der Waals surface area contributed by atoms with Gasteiger partial charge in [-0.3, -0.25) is 9.59 Å². The van der Waals surface area contributed by atoms with Crippen LogP contribution in [0.5, 0.6) is 0 Å². The molecule has 0 aromatic heterocycles. The zero-order valence-corrected chi connectivity index (χ0v) is 14.2. The second-order valence-electron chi connectivity index (χ2n) is 6.13. The van der Waals surface area contributed by atoms with E-state index < -0.39 is 0 Å². The standard InChI is InChI=1S/C16H28N2O3S/c19-15(17-7-3-6-14-4-1-2-5-14)12-22-13-16(20)18-8-10-21-11-9-18/h14H,1-13H2,(H,17,19). The molecule has 2 fully saturated rings. The van der Waals surface area contributed by atoms with Gasteiger partial charge in [0.2, 0.25) is 11.8 Å². The van der Waals surface area contributed by atoms with E-state index in [0.29, 0.717) is 37.8 Å². The Hall–Kier alpha value is -0.750. The van der Waals surface area contributed by atoms with E-state index in [2.05, 4.69) is 5.32 Å². The zero-order chi connectivity index (χ0) is 15.6. The van der Waals surface area contributed by atoms with Crippen molar-refractivity contribution in [1.82, 2.24) is 10.2 Å². The summed E-state index contributed by atoms with van der Waals surface area (Å²) in [4.78, 5) is 25.4. The Labute approximate surface area is 137 Å². The van der Waals surface area contributed by atoms with Crippen molar-refractivity contribution in [2.75, 3.05) is 44.4 Å². The van der Waals surface area contributed by atoms with Crippen molar-refractivity contribution in [2.45, 2.75) is 38.5 Å². The van der Waals surface area contributed by atoms with Gasteiger partial charge in [0.05, 0.1) is 24.7 Å². The minimum Gasteiger partial charge on any atom is -0.378 e. The summed E-state index contributed by atoms with van der Waals surface area (Å²) in [7, 11) is 0. The maximum atomic E-state index is 11.9. The van der Waals surface area contributed by atoms with Gasteiger partial charge in [-0.05, 0) is 18.8 Å². The molecule has 1 aliphatic heterocycles. The highest BCUT2D eigenvalue weighted by Gasteiger charge is 2.17. The summed E-state index contributed by atoms with van der Waals surface area (Å²) in [6.07, 6.45) is 7.81. The van der Waals surface area contributed by atoms with Crippen LogP contribution in [0.3, 0.4) is 0 Å². The normalized spacial score (nSPS) is 19.4. The van der Waals surface area contributed by atoms with Crippen molar-refractivity contribution < 1.29 is 14.3 Å². The number of amides is 2. The first-order chi connectivity index (χ1) is 10.8. The van der Waals surface area contributed by atoms with Crippen molar-refractivity contribution >= 4 is 23.6 Å². The second kappa shape index (κ2) is 10.1. The van der Waals surface area contributed by atoms with Crippen LogP contribution >= 0.6 is 11.8 Å². The molecule has 1 saturated heterocycles. The summed E-state index contributed by atoms with van der Waals surface area (Å²) >= 11 is 1.40. The predicted molar refractivity (Wildman–Crippen MR) is 88.9 cm³/mol. The van der Waals surface area contributed by atoms with Gasteiger partial charge in [-0.2, -0.15) is 0 Å². The monoisotopic (exact) mass is 328 g/mol. The van der Waals surface area contributed by atoms with E-state index in [9.17, 15) is 9.59 Å². The van der Waals surface area contributed by atoms with Crippen molar-refractivity contribution in [1.29, 1.82) is 0 Å². The van der Waals surface area contributed by atoms with Crippen LogP contribution in [0.1, 0.15) is 38.5 Å². The average molecular weight is 328 g/mol. The summed E-state index contributed by atoms with van der Waals surface area (Å²) in [5.74, 6) is 1.81. The van der Waals surface area contributed by atoms with E-state index in [4.69, 9.17) is 4.74 Å². The molecule has 0 spiro atoms. The number of rotatable bonds is 8. The molecular weight excluding hydrogens is 300 g/mol. The maximum absolute atomic E-state index is 11.9. The van der Waals surface area contributed by atoms with Gasteiger partial charge in [0.1, 0.15) is 0 Å². The predicted octanol–water partition coefficient (Wildman–Crippen LogP) is 1.66. The average Bonchev–Trinajstić information content (AvgIpc) is 3.06. The molecular formula is C16H28N2O3S. The van der Waals surface area contributed by atoms with Gasteiger partial charge >= 0.3 is 0 Å². The van der Waals surface area contributed by atoms with Gasteiger partial charge in [-0.25, -0.2) is 0 Å². The fraction of sp³-hybridized carbons (Fsp3) is 0.875. The smallest absolute Gasteiger partial charge is 0.232 e. The molecule has 0 bridgehead atoms. The highest BCUT2D eigenvalue weighted by Crippen LogP contribution is 2.28. The van der Waals surface area contributed by atoms with Crippen molar-refractivity contribution in [3.05, 3.63) is 0 Å². The molecule has 0 atom stereocenters. The molecule has 1 N–H and O–H groups in total. The highest BCUT2D eigenvalue weighted by molar-refractivity contribution is 8.00. The van der Waals surface area contributed by atoms with E-state index in [0.717, 1.165) is 18.9 Å². The van der Waals surface area contributed by atoms with Crippen molar-refractivity contribution in [2.24, 2.45) is 5.92 Å². The number of carbonyl (C=O) groups excluding carboxylic acids is 2. The fourth-order valence-electron chi connectivity index (χ4n) is 3.10. The van der Waals surface area contributed by atoms with Crippen LogP contribution in [0.25, 0.3) is 0 Å². The van der Waals surface area contributed by atoms with Crippen LogP contribution in [0.4, 0.5) is 0 Å². The summed E-state index contributed by atoms with van der Waals surface area (Å²) in [6, 6.07) is 0. The van der Waals surface area contributed by atoms with Gasteiger partial charge in [0.15, 0.2) is 0 Å². The molecule has 0 aromatic carbocycles. The van der Waals surface area contributed by atoms with Gasteiger partial charge in [0.25, 0.3) is 0 Å². The Kier molecular flexibility index (Phi) is 8.08. The molecule has 0 radical (unpaired) electrons. The molecule has 5 nitrogen and oxygen atoms in total. The number of thioether (sulfide) groups is 1. The lowest BCUT2D eigenvalue weighted by Crippen LogP contribution is -2.41. The molecule has 2 aliphatic rings. The molecule has 2 rings (SSSR count). The summed E-state index contributed by atoms with van der Waals surface area (Å²) < 4.78 is 5.22. The minimum atomic E-state index is 0.0474. The fourth-order valence-corrected chi connectivity index (χ4v) is 3.85. The minimum absolute atomic E-state index is 0.0474. The molecule has 0 aromatic rings. The first-order valence-electron chi connectivity index (χ1n) is 8.45. The largest absolute Gasteiger partial charge is 0.378 e. The summed E-state index contributed by atoms with van der Waals surface area (Å²) in [6.45, 7) is 3.36. The summed E-state index contributed by atoms with van der Waals surface area (Å²) in [5.41, 5.74) is 0. The van der Waals surface area contributed by atoms with E-state index in [-0.39, 0.29) is 11.8 Å². The van der Waals surface area contributed by atoms with Crippen LogP contribution in [-0.2, 0) is 14.3 Å². The number of nitrogens with one attached hydrogen (secondary N) is 1. The Morgan fingerprint density at radius 3 is 2.59 bits per heavy atom. The lowest BCUT2D eigenvalue weighted by molar-refractivity contribution is -0.132. The van der Waals surface area contributed by atoms with Crippen molar-refractivity contribution in [3.63, 3.8) is 0 Å². The van der Waals surface area contributed by atoms with Gasteiger partial charge < -0.3 is 15.0 Å². The molecule has 126 valence electrons. The molecule has 6 heteroatoms. The van der Waals surface area contributed by atoms with E-state index in [1.165, 1.54) is 43.9 Å². The quantitative estimate of drug-likeness (QED) is 0.689. The molecule has 1 saturated carbocycles. The molecule has 2 amide bonds. The van der Waals surface area contributed by atoms with Crippen LogP contribution in [-0.4, -0.2) is 61.1 Å². The molecule has 22 heavy (non-hydrogen) atoms. The SMILES string of the molecule is O=C(CSCC(=O)N1CCOCC1)NCCCC1CCCC1. The third-order valence-electron chi connectivity index (χ3n) is 4.41. The maximum Gasteiger partial charge on any atom is 0.232 e. The molecule has 0 unspecified atom stereocenters. The van der Waals surface area contributed by atoms with Crippen molar-refractivity contribution in [3.8, 4) is 0 Å². The van der Waals surface area contributed by atoms with Crippen LogP contribution in [0.2, 0.25) is 0 Å². The van der Waals surface area contributed by atoms with E-state index >= 15 is 0 Å². The van der Waals surface area contributed by atoms with E-state index in [1.807, 2.05) is 4.90 Å². The van der Waals surface area contributed by atoms with E-state index in [1.54, 1.807) is 0 Å². The second-order valence-corrected chi connectivity index (χ2v) is 7.11. The number of ether oxygens (including phenoxy) is 1. The lowest BCUT2D eigenvalue weighted by Gasteiger charge is -2.26. The first-order valence-corrected chi connectivity index (χ1v) is 9.61. The Balaban J connectivity index is 1.45. The number of hydrogen-bond acceptors (Lipinski definition) is 4. The first kappa shape index (κ1) is 17.6. The van der Waals surface area contributed by atoms with Gasteiger partial charge in [-0.15, -0.1) is 11.8 Å². The number of carbonyl (C=O) groups is 2. The van der Waals surface area contributed by atoms with Crippen LogP contribution < -0.4 is 5.32 Å².